The second-order valence-corrected chi connectivity index (χ2v) is 6.74. The zero-order valence-corrected chi connectivity index (χ0v) is 15.4. The summed E-state index contributed by atoms with van der Waals surface area (Å²) in [5, 5.41) is 5.83. The molecule has 0 saturated carbocycles. The largest absolute Gasteiger partial charge is 0.360 e. The quantitative estimate of drug-likeness (QED) is 0.766. The Morgan fingerprint density at radius 1 is 1.30 bits per heavy atom. The maximum absolute atomic E-state index is 12.4. The van der Waals surface area contributed by atoms with Crippen LogP contribution in [-0.2, 0) is 9.59 Å². The number of anilines is 1. The number of amides is 3. The van der Waals surface area contributed by atoms with E-state index in [4.69, 9.17) is 4.52 Å². The fourth-order valence-electron chi connectivity index (χ4n) is 2.36. The first-order chi connectivity index (χ1) is 13.0. The number of thioether (sulfide) groups is 1. The van der Waals surface area contributed by atoms with Crippen molar-refractivity contribution in [2.75, 3.05) is 11.9 Å². The van der Waals surface area contributed by atoms with Gasteiger partial charge in [-0.2, -0.15) is 0 Å². The molecule has 2 heterocycles. The summed E-state index contributed by atoms with van der Waals surface area (Å²) >= 11 is 0.864. The molecule has 7 nitrogen and oxygen atoms in total. The van der Waals surface area contributed by atoms with Crippen LogP contribution in [-0.4, -0.2) is 33.7 Å². The van der Waals surface area contributed by atoms with Crippen LogP contribution < -0.4 is 5.32 Å². The maximum atomic E-state index is 12.4. The molecule has 0 atom stereocenters. The highest BCUT2D eigenvalue weighted by Gasteiger charge is 2.34. The van der Waals surface area contributed by atoms with Crippen molar-refractivity contribution in [1.82, 2.24) is 10.1 Å². The van der Waals surface area contributed by atoms with Gasteiger partial charge in [0.05, 0.1) is 4.91 Å². The van der Waals surface area contributed by atoms with E-state index in [-0.39, 0.29) is 24.1 Å². The van der Waals surface area contributed by atoms with Gasteiger partial charge in [-0.15, -0.1) is 0 Å². The number of benzene rings is 1. The zero-order chi connectivity index (χ0) is 19.2. The lowest BCUT2D eigenvalue weighted by Crippen LogP contribution is -2.31. The van der Waals surface area contributed by atoms with Gasteiger partial charge in [0.25, 0.3) is 11.1 Å². The molecule has 1 saturated heterocycles. The Bertz CT molecular complexity index is 918. The second-order valence-electron chi connectivity index (χ2n) is 5.75. The minimum absolute atomic E-state index is 0.00702. The number of hydrogen-bond donors (Lipinski definition) is 1. The Kier molecular flexibility index (Phi) is 5.87. The van der Waals surface area contributed by atoms with E-state index in [1.165, 1.54) is 0 Å². The third-order valence-electron chi connectivity index (χ3n) is 3.67. The Morgan fingerprint density at radius 2 is 2.07 bits per heavy atom. The summed E-state index contributed by atoms with van der Waals surface area (Å²) in [7, 11) is 0. The molecule has 27 heavy (non-hydrogen) atoms. The van der Waals surface area contributed by atoms with Crippen molar-refractivity contribution in [3.05, 3.63) is 64.8 Å². The summed E-state index contributed by atoms with van der Waals surface area (Å²) < 4.78 is 4.86. The van der Waals surface area contributed by atoms with Crippen LogP contribution in [0.15, 0.2) is 58.0 Å². The SMILES string of the molecule is Cc1cc(NC(=O)CCN2C(=O)S/C(=C\C=C\c3ccccc3)C2=O)no1. The molecule has 0 spiro atoms. The monoisotopic (exact) mass is 383 g/mol. The van der Waals surface area contributed by atoms with Crippen LogP contribution in [0.4, 0.5) is 10.6 Å². The summed E-state index contributed by atoms with van der Waals surface area (Å²) in [4.78, 5) is 37.7. The van der Waals surface area contributed by atoms with Crippen LogP contribution in [0, 0.1) is 6.92 Å². The van der Waals surface area contributed by atoms with Gasteiger partial charge in [-0.05, 0) is 30.3 Å². The van der Waals surface area contributed by atoms with Crippen molar-refractivity contribution >= 4 is 40.7 Å². The number of carbonyl (C=O) groups is 3. The number of imide groups is 1. The van der Waals surface area contributed by atoms with Gasteiger partial charge in [0, 0.05) is 19.0 Å². The molecular formula is C19H17N3O4S. The fraction of sp³-hybridized carbons (Fsp3) is 0.158. The first kappa shape index (κ1) is 18.7. The molecule has 1 N–H and O–H groups in total. The van der Waals surface area contributed by atoms with Gasteiger partial charge in [-0.1, -0.05) is 47.6 Å². The van der Waals surface area contributed by atoms with Gasteiger partial charge in [-0.3, -0.25) is 19.3 Å². The van der Waals surface area contributed by atoms with Crippen molar-refractivity contribution in [1.29, 1.82) is 0 Å². The summed E-state index contributed by atoms with van der Waals surface area (Å²) in [6, 6.07) is 11.2. The van der Waals surface area contributed by atoms with Crippen LogP contribution in [0.1, 0.15) is 17.7 Å². The smallest absolute Gasteiger partial charge is 0.293 e. The highest BCUT2D eigenvalue weighted by Crippen LogP contribution is 2.30. The van der Waals surface area contributed by atoms with Crippen LogP contribution >= 0.6 is 11.8 Å². The number of nitrogens with one attached hydrogen (secondary N) is 1. The molecule has 0 unspecified atom stereocenters. The van der Waals surface area contributed by atoms with E-state index in [1.807, 2.05) is 36.4 Å². The molecule has 3 rings (SSSR count). The average molecular weight is 383 g/mol. The molecule has 1 aromatic carbocycles. The van der Waals surface area contributed by atoms with Crippen molar-refractivity contribution < 1.29 is 18.9 Å². The number of rotatable bonds is 6. The highest BCUT2D eigenvalue weighted by atomic mass is 32.2. The van der Waals surface area contributed by atoms with E-state index < -0.39 is 5.91 Å². The van der Waals surface area contributed by atoms with E-state index >= 15 is 0 Å². The number of allylic oxidation sites excluding steroid dienone is 2. The third-order valence-corrected chi connectivity index (χ3v) is 4.59. The normalized spacial score (nSPS) is 15.9. The Labute approximate surface area is 160 Å². The predicted octanol–water partition coefficient (Wildman–Crippen LogP) is 3.60. The van der Waals surface area contributed by atoms with Crippen LogP contribution in [0.25, 0.3) is 6.08 Å². The number of carbonyl (C=O) groups excluding carboxylic acids is 3. The van der Waals surface area contributed by atoms with Crippen molar-refractivity contribution in [2.45, 2.75) is 13.3 Å². The number of hydrogen-bond acceptors (Lipinski definition) is 6. The topological polar surface area (TPSA) is 92.5 Å². The van der Waals surface area contributed by atoms with Gasteiger partial charge >= 0.3 is 0 Å². The minimum Gasteiger partial charge on any atom is -0.360 e. The minimum atomic E-state index is -0.396. The van der Waals surface area contributed by atoms with E-state index in [9.17, 15) is 14.4 Å². The zero-order valence-electron chi connectivity index (χ0n) is 14.5. The molecule has 1 fully saturated rings. The van der Waals surface area contributed by atoms with Crippen LogP contribution in [0.2, 0.25) is 0 Å². The molecule has 0 radical (unpaired) electrons. The van der Waals surface area contributed by atoms with Gasteiger partial charge < -0.3 is 9.84 Å². The van der Waals surface area contributed by atoms with E-state index in [0.29, 0.717) is 16.5 Å². The van der Waals surface area contributed by atoms with Crippen molar-refractivity contribution in [3.63, 3.8) is 0 Å². The van der Waals surface area contributed by atoms with Crippen LogP contribution in [0.5, 0.6) is 0 Å². The standard InChI is InChI=1S/C19H17N3O4S/c1-13-12-16(21-26-13)20-17(23)10-11-22-18(24)15(27-19(22)25)9-5-8-14-6-3-2-4-7-14/h2-9,12H,10-11H2,1H3,(H,20,21,23)/b8-5+,15-9-. The molecule has 3 amide bonds. The average Bonchev–Trinajstić information content (AvgIpc) is 3.17. The molecular weight excluding hydrogens is 366 g/mol. The van der Waals surface area contributed by atoms with Gasteiger partial charge in [0.2, 0.25) is 5.91 Å². The predicted molar refractivity (Wildman–Crippen MR) is 103 cm³/mol. The summed E-state index contributed by atoms with van der Waals surface area (Å²) in [6.45, 7) is 1.72. The van der Waals surface area contributed by atoms with Crippen molar-refractivity contribution in [3.8, 4) is 0 Å². The summed E-state index contributed by atoms with van der Waals surface area (Å²) in [5.74, 6) is 0.130. The summed E-state index contributed by atoms with van der Waals surface area (Å²) in [5.41, 5.74) is 0.993. The molecule has 2 aromatic rings. The summed E-state index contributed by atoms with van der Waals surface area (Å²) in [6.07, 6.45) is 5.17. The van der Waals surface area contributed by atoms with E-state index in [1.54, 1.807) is 25.1 Å². The Balaban J connectivity index is 1.55. The van der Waals surface area contributed by atoms with Gasteiger partial charge in [-0.25, -0.2) is 0 Å². The lowest BCUT2D eigenvalue weighted by molar-refractivity contribution is -0.123. The number of aromatic nitrogens is 1. The van der Waals surface area contributed by atoms with Crippen LogP contribution in [0.3, 0.4) is 0 Å². The van der Waals surface area contributed by atoms with Gasteiger partial charge in [0.1, 0.15) is 5.76 Å². The maximum Gasteiger partial charge on any atom is 0.293 e. The number of aryl methyl sites for hydroxylation is 1. The van der Waals surface area contributed by atoms with Crippen molar-refractivity contribution in [2.24, 2.45) is 0 Å². The van der Waals surface area contributed by atoms with E-state index in [0.717, 1.165) is 22.2 Å². The molecule has 138 valence electrons. The molecule has 1 aliphatic heterocycles. The molecule has 1 aromatic heterocycles. The number of nitrogens with zero attached hydrogens (tertiary/aromatic N) is 2. The lowest BCUT2D eigenvalue weighted by atomic mass is 10.2. The second kappa shape index (κ2) is 8.50. The van der Waals surface area contributed by atoms with E-state index in [2.05, 4.69) is 10.5 Å². The first-order valence-corrected chi connectivity index (χ1v) is 9.05. The molecule has 1 aliphatic rings. The Hall–Kier alpha value is -3.13. The third kappa shape index (κ3) is 4.95. The lowest BCUT2D eigenvalue weighted by Gasteiger charge is -2.11. The fourth-order valence-corrected chi connectivity index (χ4v) is 3.18. The highest BCUT2D eigenvalue weighted by molar-refractivity contribution is 8.18. The Morgan fingerprint density at radius 3 is 2.78 bits per heavy atom. The molecule has 8 heteroatoms. The first-order valence-electron chi connectivity index (χ1n) is 8.23. The molecule has 0 aliphatic carbocycles. The van der Waals surface area contributed by atoms with Gasteiger partial charge in [0.15, 0.2) is 5.82 Å². The molecule has 0 bridgehead atoms.